The summed E-state index contributed by atoms with van der Waals surface area (Å²) in [5.41, 5.74) is 0.847. The van der Waals surface area contributed by atoms with Gasteiger partial charge in [-0.2, -0.15) is 4.31 Å². The third kappa shape index (κ3) is 4.94. The average molecular weight is 505 g/mol. The first-order valence-electron chi connectivity index (χ1n) is 11.5. The summed E-state index contributed by atoms with van der Waals surface area (Å²) in [5.74, 6) is -0.454. The summed E-state index contributed by atoms with van der Waals surface area (Å²) in [7, 11) is -3.58. The van der Waals surface area contributed by atoms with Crippen molar-refractivity contribution in [2.45, 2.75) is 31.6 Å². The Labute approximate surface area is 203 Å². The molecule has 4 rings (SSSR count). The SMILES string of the molecule is CCCN(CCC)S(=O)(=O)c1ccc(C(=O)N2CCN(c3nc4c(F)cccc4s3)CC2)cc1. The molecule has 7 nitrogen and oxygen atoms in total. The number of hydrogen-bond donors (Lipinski definition) is 0. The number of hydrogen-bond acceptors (Lipinski definition) is 6. The standard InChI is InChI=1S/C24H29FN4O3S2/c1-3-12-29(13-4-2)34(31,32)19-10-8-18(9-11-19)23(30)27-14-16-28(17-15-27)24-26-22-20(25)6-5-7-21(22)33-24/h5-11H,3-4,12-17H2,1-2H3. The second-order valence-electron chi connectivity index (χ2n) is 8.29. The molecule has 2 heterocycles. The van der Waals surface area contributed by atoms with Gasteiger partial charge in [-0.25, -0.2) is 17.8 Å². The molecule has 1 fully saturated rings. The van der Waals surface area contributed by atoms with Crippen LogP contribution in [0.15, 0.2) is 47.4 Å². The Hall–Kier alpha value is -2.56. The van der Waals surface area contributed by atoms with Gasteiger partial charge in [-0.3, -0.25) is 4.79 Å². The van der Waals surface area contributed by atoms with E-state index in [9.17, 15) is 17.6 Å². The molecule has 10 heteroatoms. The number of nitrogens with zero attached hydrogens (tertiary/aromatic N) is 4. The Morgan fingerprint density at radius 2 is 1.68 bits per heavy atom. The average Bonchev–Trinajstić information content (AvgIpc) is 3.29. The minimum Gasteiger partial charge on any atom is -0.345 e. The van der Waals surface area contributed by atoms with Crippen LogP contribution in [0, 0.1) is 5.82 Å². The fraction of sp³-hybridized carbons (Fsp3) is 0.417. The summed E-state index contributed by atoms with van der Waals surface area (Å²) in [5, 5.41) is 0.755. The van der Waals surface area contributed by atoms with Crippen molar-refractivity contribution in [3.63, 3.8) is 0 Å². The summed E-state index contributed by atoms with van der Waals surface area (Å²) < 4.78 is 42.2. The number of sulfonamides is 1. The van der Waals surface area contributed by atoms with E-state index < -0.39 is 10.0 Å². The van der Waals surface area contributed by atoms with Crippen molar-refractivity contribution < 1.29 is 17.6 Å². The molecule has 1 amide bonds. The minimum absolute atomic E-state index is 0.127. The van der Waals surface area contributed by atoms with Gasteiger partial charge in [0.2, 0.25) is 10.0 Å². The highest BCUT2D eigenvalue weighted by atomic mass is 32.2. The first kappa shape index (κ1) is 24.6. The van der Waals surface area contributed by atoms with Gasteiger partial charge in [0.15, 0.2) is 5.13 Å². The molecular formula is C24H29FN4O3S2. The van der Waals surface area contributed by atoms with Crippen molar-refractivity contribution in [1.82, 2.24) is 14.2 Å². The van der Waals surface area contributed by atoms with E-state index in [1.54, 1.807) is 23.1 Å². The third-order valence-corrected chi connectivity index (χ3v) is 8.88. The number of rotatable bonds is 8. The topological polar surface area (TPSA) is 73.8 Å². The number of carbonyl (C=O) groups excluding carboxylic acids is 1. The van der Waals surface area contributed by atoms with E-state index in [4.69, 9.17) is 0 Å². The lowest BCUT2D eigenvalue weighted by molar-refractivity contribution is 0.0746. The fourth-order valence-corrected chi connectivity index (χ4v) is 6.75. The highest BCUT2D eigenvalue weighted by Crippen LogP contribution is 2.31. The quantitative estimate of drug-likeness (QED) is 0.460. The Morgan fingerprint density at radius 3 is 2.26 bits per heavy atom. The number of carbonyl (C=O) groups is 1. The maximum atomic E-state index is 14.0. The van der Waals surface area contributed by atoms with Gasteiger partial charge in [0.1, 0.15) is 11.3 Å². The summed E-state index contributed by atoms with van der Waals surface area (Å²) in [6, 6.07) is 11.2. The molecule has 0 unspecified atom stereocenters. The van der Waals surface area contributed by atoms with Crippen molar-refractivity contribution in [2.75, 3.05) is 44.2 Å². The van der Waals surface area contributed by atoms with E-state index >= 15 is 0 Å². The normalized spacial score (nSPS) is 14.8. The van der Waals surface area contributed by atoms with Crippen molar-refractivity contribution in [3.8, 4) is 0 Å². The number of thiazole rings is 1. The number of aromatic nitrogens is 1. The van der Waals surface area contributed by atoms with Crippen LogP contribution in [0.1, 0.15) is 37.0 Å². The van der Waals surface area contributed by atoms with E-state index in [1.807, 2.05) is 19.9 Å². The number of fused-ring (bicyclic) bond motifs is 1. The number of benzene rings is 2. The van der Waals surface area contributed by atoms with Crippen LogP contribution in [0.25, 0.3) is 10.2 Å². The number of halogens is 1. The summed E-state index contributed by atoms with van der Waals surface area (Å²) in [6.07, 6.45) is 1.49. The first-order chi connectivity index (χ1) is 16.3. The molecule has 2 aromatic carbocycles. The number of piperazine rings is 1. The molecule has 3 aromatic rings. The second-order valence-corrected chi connectivity index (χ2v) is 11.2. The van der Waals surface area contributed by atoms with E-state index in [1.165, 1.54) is 33.8 Å². The first-order valence-corrected chi connectivity index (χ1v) is 13.8. The van der Waals surface area contributed by atoms with Crippen molar-refractivity contribution in [3.05, 3.63) is 53.8 Å². The van der Waals surface area contributed by atoms with Crippen LogP contribution in [0.3, 0.4) is 0 Å². The Kier molecular flexibility index (Phi) is 7.49. The molecule has 0 spiro atoms. The molecule has 0 radical (unpaired) electrons. The number of anilines is 1. The summed E-state index contributed by atoms with van der Waals surface area (Å²) in [4.78, 5) is 21.5. The zero-order valence-electron chi connectivity index (χ0n) is 19.4. The minimum atomic E-state index is -3.58. The highest BCUT2D eigenvalue weighted by molar-refractivity contribution is 7.89. The number of para-hydroxylation sites is 1. The van der Waals surface area contributed by atoms with Gasteiger partial charge >= 0.3 is 0 Å². The largest absolute Gasteiger partial charge is 0.345 e. The Morgan fingerprint density at radius 1 is 1.03 bits per heavy atom. The summed E-state index contributed by atoms with van der Waals surface area (Å²) in [6.45, 7) is 7.08. The van der Waals surface area contributed by atoms with Gasteiger partial charge in [0.25, 0.3) is 5.91 Å². The number of amides is 1. The fourth-order valence-electron chi connectivity index (χ4n) is 4.09. The van der Waals surface area contributed by atoms with Crippen LogP contribution >= 0.6 is 11.3 Å². The summed E-state index contributed by atoms with van der Waals surface area (Å²) >= 11 is 1.45. The lowest BCUT2D eigenvalue weighted by Crippen LogP contribution is -2.48. The molecule has 182 valence electrons. The predicted octanol–water partition coefficient (Wildman–Crippen LogP) is 4.21. The van der Waals surface area contributed by atoms with E-state index in [0.717, 1.165) is 22.7 Å². The van der Waals surface area contributed by atoms with Gasteiger partial charge < -0.3 is 9.80 Å². The monoisotopic (exact) mass is 504 g/mol. The lowest BCUT2D eigenvalue weighted by atomic mass is 10.2. The van der Waals surface area contributed by atoms with Crippen LogP contribution in [0.4, 0.5) is 9.52 Å². The van der Waals surface area contributed by atoms with E-state index in [-0.39, 0.29) is 16.6 Å². The van der Waals surface area contributed by atoms with Crippen LogP contribution < -0.4 is 4.90 Å². The Bertz CT molecular complexity index is 1250. The Balaban J connectivity index is 1.41. The van der Waals surface area contributed by atoms with E-state index in [2.05, 4.69) is 9.88 Å². The van der Waals surface area contributed by atoms with Crippen LogP contribution in [0.5, 0.6) is 0 Å². The lowest BCUT2D eigenvalue weighted by Gasteiger charge is -2.34. The zero-order valence-corrected chi connectivity index (χ0v) is 21.0. The third-order valence-electron chi connectivity index (χ3n) is 5.88. The van der Waals surface area contributed by atoms with E-state index in [0.29, 0.717) is 50.3 Å². The molecule has 1 aliphatic heterocycles. The molecule has 0 bridgehead atoms. The molecule has 0 aliphatic carbocycles. The molecule has 34 heavy (non-hydrogen) atoms. The smallest absolute Gasteiger partial charge is 0.253 e. The van der Waals surface area contributed by atoms with Crippen molar-refractivity contribution in [2.24, 2.45) is 0 Å². The van der Waals surface area contributed by atoms with Crippen molar-refractivity contribution >= 4 is 42.6 Å². The molecule has 1 aromatic heterocycles. The molecule has 1 aliphatic rings. The predicted molar refractivity (Wildman–Crippen MR) is 133 cm³/mol. The highest BCUT2D eigenvalue weighted by Gasteiger charge is 2.26. The molecular weight excluding hydrogens is 475 g/mol. The molecule has 1 saturated heterocycles. The van der Waals surface area contributed by atoms with Crippen LogP contribution in [-0.2, 0) is 10.0 Å². The maximum absolute atomic E-state index is 14.0. The van der Waals surface area contributed by atoms with Gasteiger partial charge in [-0.1, -0.05) is 31.3 Å². The zero-order chi connectivity index (χ0) is 24.3. The van der Waals surface area contributed by atoms with Crippen molar-refractivity contribution in [1.29, 1.82) is 0 Å². The van der Waals surface area contributed by atoms with Gasteiger partial charge in [-0.15, -0.1) is 0 Å². The molecule has 0 atom stereocenters. The molecule has 0 N–H and O–H groups in total. The van der Waals surface area contributed by atoms with Crippen LogP contribution in [-0.4, -0.2) is 67.8 Å². The van der Waals surface area contributed by atoms with Gasteiger partial charge in [0, 0.05) is 44.8 Å². The second kappa shape index (κ2) is 10.4. The van der Waals surface area contributed by atoms with Gasteiger partial charge in [-0.05, 0) is 49.2 Å². The molecule has 0 saturated carbocycles. The van der Waals surface area contributed by atoms with Gasteiger partial charge in [0.05, 0.1) is 9.60 Å². The van der Waals surface area contributed by atoms with Crippen LogP contribution in [0.2, 0.25) is 0 Å². The maximum Gasteiger partial charge on any atom is 0.253 e.